The fraction of sp³-hybridized carbons (Fsp3) is 0.353. The lowest BCUT2D eigenvalue weighted by atomic mass is 9.78. The molecule has 3 nitrogen and oxygen atoms in total. The number of hydrogen-bond acceptors (Lipinski definition) is 3. The van der Waals surface area contributed by atoms with Crippen LogP contribution >= 0.6 is 15.9 Å². The second-order valence-electron chi connectivity index (χ2n) is 5.68. The molecule has 110 valence electrons. The molecular weight excluding hydrogens is 330 g/mol. The SMILES string of the molecule is COc1ccc2c(c1)CC(O)(Cc1ccc(Br)cn1)CC2. The Hall–Kier alpha value is -1.39. The topological polar surface area (TPSA) is 42.4 Å². The van der Waals surface area contributed by atoms with Crippen molar-refractivity contribution in [3.05, 3.63) is 57.8 Å². The molecule has 1 unspecified atom stereocenters. The van der Waals surface area contributed by atoms with Gasteiger partial charge in [-0.1, -0.05) is 6.07 Å². The molecule has 21 heavy (non-hydrogen) atoms. The molecule has 2 aromatic rings. The number of rotatable bonds is 3. The number of fused-ring (bicyclic) bond motifs is 1. The van der Waals surface area contributed by atoms with Crippen LogP contribution in [0.2, 0.25) is 0 Å². The van der Waals surface area contributed by atoms with Crippen molar-refractivity contribution >= 4 is 15.9 Å². The largest absolute Gasteiger partial charge is 0.497 e. The number of benzene rings is 1. The minimum atomic E-state index is -0.722. The third-order valence-electron chi connectivity index (χ3n) is 4.09. The maximum atomic E-state index is 10.9. The monoisotopic (exact) mass is 347 g/mol. The Balaban J connectivity index is 1.81. The van der Waals surface area contributed by atoms with E-state index in [9.17, 15) is 5.11 Å². The fourth-order valence-corrected chi connectivity index (χ4v) is 3.18. The van der Waals surface area contributed by atoms with Crippen molar-refractivity contribution in [1.29, 1.82) is 0 Å². The van der Waals surface area contributed by atoms with Crippen molar-refractivity contribution in [2.45, 2.75) is 31.3 Å². The van der Waals surface area contributed by atoms with Crippen LogP contribution in [0, 0.1) is 0 Å². The Bertz CT molecular complexity index is 642. The number of halogens is 1. The Morgan fingerprint density at radius 2 is 2.14 bits per heavy atom. The Kier molecular flexibility index (Phi) is 4.00. The highest BCUT2D eigenvalue weighted by atomic mass is 79.9. The van der Waals surface area contributed by atoms with E-state index in [2.05, 4.69) is 27.0 Å². The summed E-state index contributed by atoms with van der Waals surface area (Å²) in [5.74, 6) is 0.847. The van der Waals surface area contributed by atoms with Gasteiger partial charge in [0.1, 0.15) is 5.75 Å². The van der Waals surface area contributed by atoms with Crippen molar-refractivity contribution in [2.75, 3.05) is 7.11 Å². The summed E-state index contributed by atoms with van der Waals surface area (Å²) in [6.07, 6.45) is 4.67. The summed E-state index contributed by atoms with van der Waals surface area (Å²) in [6.45, 7) is 0. The Morgan fingerprint density at radius 3 is 2.86 bits per heavy atom. The van der Waals surface area contributed by atoms with Gasteiger partial charge in [0.15, 0.2) is 0 Å². The van der Waals surface area contributed by atoms with Gasteiger partial charge in [-0.15, -0.1) is 0 Å². The lowest BCUT2D eigenvalue weighted by Crippen LogP contribution is -2.38. The quantitative estimate of drug-likeness (QED) is 0.925. The van der Waals surface area contributed by atoms with Gasteiger partial charge in [0.2, 0.25) is 0 Å². The third kappa shape index (κ3) is 3.27. The van der Waals surface area contributed by atoms with E-state index in [4.69, 9.17) is 4.74 Å². The predicted octanol–water partition coefficient (Wildman–Crippen LogP) is 3.32. The summed E-state index contributed by atoms with van der Waals surface area (Å²) in [5.41, 5.74) is 2.69. The molecule has 3 rings (SSSR count). The second-order valence-corrected chi connectivity index (χ2v) is 6.60. The number of methoxy groups -OCH3 is 1. The molecule has 0 saturated heterocycles. The highest BCUT2D eigenvalue weighted by Crippen LogP contribution is 2.33. The van der Waals surface area contributed by atoms with Gasteiger partial charge in [0.25, 0.3) is 0 Å². The Morgan fingerprint density at radius 1 is 1.29 bits per heavy atom. The zero-order chi connectivity index (χ0) is 14.9. The molecule has 4 heteroatoms. The molecule has 1 aliphatic rings. The van der Waals surface area contributed by atoms with Gasteiger partial charge in [0.05, 0.1) is 12.7 Å². The highest BCUT2D eigenvalue weighted by molar-refractivity contribution is 9.10. The standard InChI is InChI=1S/C17H18BrNO2/c1-21-16-5-2-12-6-7-17(20,9-13(12)8-16)10-15-4-3-14(18)11-19-15/h2-5,8,11,20H,6-7,9-10H2,1H3. The first-order valence-corrected chi connectivity index (χ1v) is 7.86. The van der Waals surface area contributed by atoms with Gasteiger partial charge >= 0.3 is 0 Å². The van der Waals surface area contributed by atoms with Crippen LogP contribution < -0.4 is 4.74 Å². The van der Waals surface area contributed by atoms with Crippen LogP contribution in [0.1, 0.15) is 23.2 Å². The summed E-state index contributed by atoms with van der Waals surface area (Å²) in [4.78, 5) is 4.38. The average Bonchev–Trinajstić information content (AvgIpc) is 2.48. The van der Waals surface area contributed by atoms with E-state index in [0.717, 1.165) is 28.8 Å². The first-order chi connectivity index (χ1) is 10.1. The molecule has 0 spiro atoms. The predicted molar refractivity (Wildman–Crippen MR) is 85.6 cm³/mol. The molecule has 1 aromatic heterocycles. The molecule has 1 aliphatic carbocycles. The van der Waals surface area contributed by atoms with Gasteiger partial charge < -0.3 is 9.84 Å². The molecule has 0 radical (unpaired) electrons. The van der Waals surface area contributed by atoms with Crippen molar-refractivity contribution in [3.8, 4) is 5.75 Å². The van der Waals surface area contributed by atoms with E-state index in [-0.39, 0.29) is 0 Å². The van der Waals surface area contributed by atoms with Gasteiger partial charge in [0, 0.05) is 29.2 Å². The summed E-state index contributed by atoms with van der Waals surface area (Å²) >= 11 is 3.38. The number of aromatic nitrogens is 1. The van der Waals surface area contributed by atoms with E-state index >= 15 is 0 Å². The van der Waals surface area contributed by atoms with Crippen LogP contribution in [0.25, 0.3) is 0 Å². The number of ether oxygens (including phenoxy) is 1. The van der Waals surface area contributed by atoms with Crippen molar-refractivity contribution in [3.63, 3.8) is 0 Å². The van der Waals surface area contributed by atoms with E-state index in [1.807, 2.05) is 24.3 Å². The first-order valence-electron chi connectivity index (χ1n) is 7.07. The van der Waals surface area contributed by atoms with Crippen LogP contribution in [0.4, 0.5) is 0 Å². The second kappa shape index (κ2) is 5.78. The molecular formula is C17H18BrNO2. The molecule has 0 bridgehead atoms. The molecule has 0 saturated carbocycles. The fourth-order valence-electron chi connectivity index (χ4n) is 2.95. The summed E-state index contributed by atoms with van der Waals surface area (Å²) in [7, 11) is 1.67. The van der Waals surface area contributed by atoms with Crippen LogP contribution in [-0.4, -0.2) is 22.8 Å². The molecule has 1 heterocycles. The zero-order valence-corrected chi connectivity index (χ0v) is 13.6. The van der Waals surface area contributed by atoms with Crippen LogP contribution in [0.15, 0.2) is 41.0 Å². The molecule has 0 amide bonds. The van der Waals surface area contributed by atoms with E-state index in [1.165, 1.54) is 11.1 Å². The minimum absolute atomic E-state index is 0.580. The number of nitrogens with zero attached hydrogens (tertiary/aromatic N) is 1. The van der Waals surface area contributed by atoms with Gasteiger partial charge in [-0.05, 0) is 64.2 Å². The van der Waals surface area contributed by atoms with Crippen molar-refractivity contribution < 1.29 is 9.84 Å². The molecule has 0 aliphatic heterocycles. The van der Waals surface area contributed by atoms with Gasteiger partial charge in [-0.2, -0.15) is 0 Å². The van der Waals surface area contributed by atoms with Gasteiger partial charge in [-0.25, -0.2) is 0 Å². The molecule has 1 N–H and O–H groups in total. The van der Waals surface area contributed by atoms with Crippen molar-refractivity contribution in [2.24, 2.45) is 0 Å². The third-order valence-corrected chi connectivity index (χ3v) is 4.56. The number of aryl methyl sites for hydroxylation is 1. The van der Waals surface area contributed by atoms with Gasteiger partial charge in [-0.3, -0.25) is 4.98 Å². The molecule has 0 fully saturated rings. The lowest BCUT2D eigenvalue weighted by molar-refractivity contribution is 0.0258. The maximum absolute atomic E-state index is 10.9. The normalized spacial score (nSPS) is 20.9. The zero-order valence-electron chi connectivity index (χ0n) is 12.0. The minimum Gasteiger partial charge on any atom is -0.497 e. The summed E-state index contributed by atoms with van der Waals surface area (Å²) in [6, 6.07) is 10.0. The van der Waals surface area contributed by atoms with Crippen LogP contribution in [-0.2, 0) is 19.3 Å². The van der Waals surface area contributed by atoms with E-state index in [0.29, 0.717) is 12.8 Å². The maximum Gasteiger partial charge on any atom is 0.119 e. The van der Waals surface area contributed by atoms with Crippen LogP contribution in [0.5, 0.6) is 5.75 Å². The van der Waals surface area contributed by atoms with Crippen LogP contribution in [0.3, 0.4) is 0 Å². The lowest BCUT2D eigenvalue weighted by Gasteiger charge is -2.33. The highest BCUT2D eigenvalue weighted by Gasteiger charge is 2.32. The number of pyridine rings is 1. The molecule has 1 atom stereocenters. The van der Waals surface area contributed by atoms with E-state index < -0.39 is 5.60 Å². The summed E-state index contributed by atoms with van der Waals surface area (Å²) in [5, 5.41) is 10.9. The van der Waals surface area contributed by atoms with E-state index in [1.54, 1.807) is 13.3 Å². The Labute approximate surface area is 133 Å². The number of hydrogen-bond donors (Lipinski definition) is 1. The molecule has 1 aromatic carbocycles. The smallest absolute Gasteiger partial charge is 0.119 e. The average molecular weight is 348 g/mol. The number of aliphatic hydroxyl groups is 1. The summed E-state index contributed by atoms with van der Waals surface area (Å²) < 4.78 is 6.24. The first kappa shape index (κ1) is 14.5. The van der Waals surface area contributed by atoms with Crippen molar-refractivity contribution in [1.82, 2.24) is 4.98 Å².